The average Bonchev–Trinajstić information content (AvgIpc) is 1.98. The summed E-state index contributed by atoms with van der Waals surface area (Å²) in [5.41, 5.74) is 0. The minimum absolute atomic E-state index is 0. The number of halogens is 2. The average molecular weight is 268 g/mol. The summed E-state index contributed by atoms with van der Waals surface area (Å²) in [5.74, 6) is 0. The topological polar surface area (TPSA) is 90.8 Å². The Morgan fingerprint density at radius 2 is 1.50 bits per heavy atom. The first-order valence-corrected chi connectivity index (χ1v) is 6.10. The van der Waals surface area contributed by atoms with E-state index in [1.165, 1.54) is 0 Å². The Labute approximate surface area is 93.9 Å². The van der Waals surface area contributed by atoms with E-state index in [9.17, 15) is 4.57 Å². The largest absolute Gasteiger partial charge is 0.472 e. The number of hydrogen-bond acceptors (Lipinski definition) is 4. The maximum Gasteiger partial charge on any atom is 0.472 e. The normalized spacial score (nSPS) is 19.2. The zero-order valence-corrected chi connectivity index (χ0v) is 10.6. The van der Waals surface area contributed by atoms with Gasteiger partial charge in [0.15, 0.2) is 0 Å². The van der Waals surface area contributed by atoms with Crippen LogP contribution in [-0.4, -0.2) is 28.9 Å². The molecule has 0 aliphatic carbocycles. The molecule has 0 fully saturated rings. The van der Waals surface area contributed by atoms with E-state index in [1.54, 1.807) is 13.8 Å². The van der Waals surface area contributed by atoms with Crippen LogP contribution in [0.4, 0.5) is 0 Å². The van der Waals surface area contributed by atoms with E-state index in [0.717, 1.165) is 0 Å². The lowest BCUT2D eigenvalue weighted by Gasteiger charge is -2.13. The fraction of sp³-hybridized carbons (Fsp3) is 1.00. The Kier molecular flexibility index (Phi) is 9.60. The van der Waals surface area contributed by atoms with Gasteiger partial charge in [0.25, 0.3) is 0 Å². The van der Waals surface area contributed by atoms with Gasteiger partial charge in [-0.2, -0.15) is 0 Å². The second-order valence-corrected chi connectivity index (χ2v) is 5.57. The van der Waals surface area contributed by atoms with Crippen LogP contribution in [0.3, 0.4) is 0 Å². The summed E-state index contributed by atoms with van der Waals surface area (Å²) in [4.78, 5) is 9.01. The molecule has 0 aromatic rings. The standard InChI is InChI=1S/C6H13Cl2O4P.H3N/c1-5(7)3-11-13(9,10)12-4-6(2)8;/h5-6H,3-4H2,1-2H3,(H,9,10);1H3. The third kappa shape index (κ3) is 10.7. The molecular formula is C6H16Cl2NO4P. The minimum atomic E-state index is -3.97. The summed E-state index contributed by atoms with van der Waals surface area (Å²) in [5, 5.41) is -0.671. The minimum Gasteiger partial charge on any atom is -0.344 e. The molecule has 88 valence electrons. The number of hydrogen-bond donors (Lipinski definition) is 2. The highest BCUT2D eigenvalue weighted by Gasteiger charge is 2.22. The molecule has 0 aromatic heterocycles. The Bertz CT molecular complexity index is 175. The van der Waals surface area contributed by atoms with Crippen LogP contribution in [0.25, 0.3) is 0 Å². The van der Waals surface area contributed by atoms with Crippen molar-refractivity contribution in [2.24, 2.45) is 0 Å². The summed E-state index contributed by atoms with van der Waals surface area (Å²) >= 11 is 11.0. The molecule has 0 aromatic carbocycles. The molecule has 0 saturated heterocycles. The molecule has 0 aliphatic heterocycles. The second kappa shape index (κ2) is 7.88. The van der Waals surface area contributed by atoms with Crippen molar-refractivity contribution < 1.29 is 18.5 Å². The quantitative estimate of drug-likeness (QED) is 0.570. The third-order valence-electron chi connectivity index (χ3n) is 0.935. The molecule has 2 atom stereocenters. The van der Waals surface area contributed by atoms with Crippen LogP contribution in [-0.2, 0) is 13.6 Å². The molecule has 0 rings (SSSR count). The van der Waals surface area contributed by atoms with Gasteiger partial charge < -0.3 is 11.0 Å². The summed E-state index contributed by atoms with van der Waals surface area (Å²) in [6.45, 7) is 3.22. The van der Waals surface area contributed by atoms with Gasteiger partial charge in [-0.05, 0) is 13.8 Å². The predicted octanol–water partition coefficient (Wildman–Crippen LogP) is 2.54. The van der Waals surface area contributed by atoms with E-state index < -0.39 is 7.82 Å². The highest BCUT2D eigenvalue weighted by molar-refractivity contribution is 7.47. The number of rotatable bonds is 6. The molecule has 0 bridgehead atoms. The van der Waals surface area contributed by atoms with Gasteiger partial charge in [-0.1, -0.05) is 0 Å². The lowest BCUT2D eigenvalue weighted by atomic mass is 10.5. The van der Waals surface area contributed by atoms with Crippen LogP contribution in [0.15, 0.2) is 0 Å². The fourth-order valence-corrected chi connectivity index (χ4v) is 1.63. The SMILES string of the molecule is CC(Cl)COP(=O)(O)OCC(C)Cl.N. The van der Waals surface area contributed by atoms with Crippen molar-refractivity contribution in [3.63, 3.8) is 0 Å². The molecule has 0 spiro atoms. The van der Waals surface area contributed by atoms with Crippen molar-refractivity contribution in [2.75, 3.05) is 13.2 Å². The first kappa shape index (κ1) is 17.1. The van der Waals surface area contributed by atoms with Gasteiger partial charge in [0.05, 0.1) is 24.0 Å². The van der Waals surface area contributed by atoms with Crippen molar-refractivity contribution in [2.45, 2.75) is 24.6 Å². The number of alkyl halides is 2. The lowest BCUT2D eigenvalue weighted by molar-refractivity contribution is 0.151. The van der Waals surface area contributed by atoms with Crippen molar-refractivity contribution in [1.29, 1.82) is 0 Å². The molecule has 14 heavy (non-hydrogen) atoms. The highest BCUT2D eigenvalue weighted by Crippen LogP contribution is 2.43. The summed E-state index contributed by atoms with van der Waals surface area (Å²) in [6, 6.07) is 0. The van der Waals surface area contributed by atoms with Crippen molar-refractivity contribution in [3.05, 3.63) is 0 Å². The van der Waals surface area contributed by atoms with E-state index in [2.05, 4.69) is 9.05 Å². The van der Waals surface area contributed by atoms with Gasteiger partial charge in [-0.3, -0.25) is 9.05 Å². The molecule has 8 heteroatoms. The van der Waals surface area contributed by atoms with E-state index in [0.29, 0.717) is 0 Å². The molecule has 4 N–H and O–H groups in total. The molecular weight excluding hydrogens is 252 g/mol. The molecule has 5 nitrogen and oxygen atoms in total. The molecule has 0 radical (unpaired) electrons. The predicted molar refractivity (Wildman–Crippen MR) is 57.4 cm³/mol. The fourth-order valence-electron chi connectivity index (χ4n) is 0.431. The zero-order valence-electron chi connectivity index (χ0n) is 8.15. The van der Waals surface area contributed by atoms with Gasteiger partial charge in [-0.15, -0.1) is 23.2 Å². The zero-order chi connectivity index (χ0) is 10.5. The van der Waals surface area contributed by atoms with Crippen LogP contribution < -0.4 is 6.15 Å². The van der Waals surface area contributed by atoms with Crippen LogP contribution in [0, 0.1) is 0 Å². The Balaban J connectivity index is 0. The summed E-state index contributed by atoms with van der Waals surface area (Å²) < 4.78 is 20.1. The van der Waals surface area contributed by atoms with E-state index in [-0.39, 0.29) is 30.1 Å². The Hall–Kier alpha value is 0.650. The maximum atomic E-state index is 11.0. The molecule has 0 saturated carbocycles. The third-order valence-corrected chi connectivity index (χ3v) is 2.14. The van der Waals surface area contributed by atoms with Crippen LogP contribution in [0.1, 0.15) is 13.8 Å². The first-order chi connectivity index (χ1) is 5.83. The van der Waals surface area contributed by atoms with E-state index in [4.69, 9.17) is 28.1 Å². The van der Waals surface area contributed by atoms with Gasteiger partial charge in [-0.25, -0.2) is 4.57 Å². The van der Waals surface area contributed by atoms with Gasteiger partial charge in [0.2, 0.25) is 0 Å². The second-order valence-electron chi connectivity index (χ2n) is 2.62. The van der Waals surface area contributed by atoms with Gasteiger partial charge in [0.1, 0.15) is 0 Å². The molecule has 2 unspecified atom stereocenters. The van der Waals surface area contributed by atoms with Gasteiger partial charge in [0, 0.05) is 0 Å². The van der Waals surface area contributed by atoms with Crippen molar-refractivity contribution >= 4 is 31.0 Å². The molecule has 0 aliphatic rings. The maximum absolute atomic E-state index is 11.0. The number of phosphoric ester groups is 1. The van der Waals surface area contributed by atoms with Crippen LogP contribution in [0.2, 0.25) is 0 Å². The Morgan fingerprint density at radius 1 is 1.21 bits per heavy atom. The Morgan fingerprint density at radius 3 is 1.71 bits per heavy atom. The monoisotopic (exact) mass is 267 g/mol. The smallest absolute Gasteiger partial charge is 0.344 e. The number of phosphoric acid groups is 1. The first-order valence-electron chi connectivity index (χ1n) is 3.73. The summed E-state index contributed by atoms with van der Waals surface area (Å²) in [7, 11) is -3.97. The van der Waals surface area contributed by atoms with Crippen molar-refractivity contribution in [1.82, 2.24) is 6.15 Å². The summed E-state index contributed by atoms with van der Waals surface area (Å²) in [6.07, 6.45) is 0. The van der Waals surface area contributed by atoms with E-state index in [1.807, 2.05) is 0 Å². The van der Waals surface area contributed by atoms with Gasteiger partial charge >= 0.3 is 7.82 Å². The van der Waals surface area contributed by atoms with E-state index >= 15 is 0 Å². The van der Waals surface area contributed by atoms with Crippen LogP contribution >= 0.6 is 31.0 Å². The molecule has 0 heterocycles. The molecule has 0 amide bonds. The highest BCUT2D eigenvalue weighted by atomic mass is 35.5. The van der Waals surface area contributed by atoms with Crippen LogP contribution in [0.5, 0.6) is 0 Å². The lowest BCUT2D eigenvalue weighted by Crippen LogP contribution is -2.08. The van der Waals surface area contributed by atoms with Crippen molar-refractivity contribution in [3.8, 4) is 0 Å².